The van der Waals surface area contributed by atoms with E-state index in [1.807, 2.05) is 30.3 Å². The van der Waals surface area contributed by atoms with Crippen LogP contribution in [0.1, 0.15) is 15.9 Å². The highest BCUT2D eigenvalue weighted by atomic mass is 79.9. The highest BCUT2D eigenvalue weighted by Gasteiger charge is 2.25. The Kier molecular flexibility index (Phi) is 4.10. The molecule has 2 N–H and O–H groups in total. The Labute approximate surface area is 131 Å². The Morgan fingerprint density at radius 2 is 2.10 bits per heavy atom. The average Bonchev–Trinajstić information content (AvgIpc) is 2.48. The molecule has 0 unspecified atom stereocenters. The minimum absolute atomic E-state index is 0.200. The number of carbonyl (C=O) groups is 1. The van der Waals surface area contributed by atoms with Gasteiger partial charge in [-0.25, -0.2) is 0 Å². The Hall–Kier alpha value is -1.63. The number of benzene rings is 2. The van der Waals surface area contributed by atoms with Gasteiger partial charge in [0.15, 0.2) is 0 Å². The van der Waals surface area contributed by atoms with Crippen LogP contribution in [-0.4, -0.2) is 24.7 Å². The van der Waals surface area contributed by atoms with Crippen molar-refractivity contribution in [3.63, 3.8) is 0 Å². The zero-order valence-corrected chi connectivity index (χ0v) is 12.8. The Morgan fingerprint density at radius 3 is 2.90 bits per heavy atom. The molecule has 0 fully saturated rings. The molecule has 0 saturated heterocycles. The SMILES string of the molecule is O=C(Nc1ccc2c(c1)B(O)OCC2)c1ccccc1Br. The third-order valence-corrected chi connectivity index (χ3v) is 4.13. The molecule has 2 aromatic carbocycles. The van der Waals surface area contributed by atoms with Gasteiger partial charge in [-0.2, -0.15) is 0 Å². The van der Waals surface area contributed by atoms with Crippen LogP contribution in [0.4, 0.5) is 5.69 Å². The normalized spacial score (nSPS) is 13.7. The van der Waals surface area contributed by atoms with Crippen molar-refractivity contribution in [1.82, 2.24) is 0 Å². The van der Waals surface area contributed by atoms with Gasteiger partial charge in [0, 0.05) is 16.8 Å². The zero-order valence-electron chi connectivity index (χ0n) is 11.2. The lowest BCUT2D eigenvalue weighted by molar-refractivity contribution is 0.102. The molecule has 106 valence electrons. The molecule has 0 saturated carbocycles. The molecule has 6 heteroatoms. The zero-order chi connectivity index (χ0) is 14.8. The van der Waals surface area contributed by atoms with Gasteiger partial charge in [0.2, 0.25) is 0 Å². The lowest BCUT2D eigenvalue weighted by atomic mass is 9.73. The fourth-order valence-electron chi connectivity index (χ4n) is 2.34. The summed E-state index contributed by atoms with van der Waals surface area (Å²) in [5, 5.41) is 12.7. The molecule has 1 aliphatic heterocycles. The minimum atomic E-state index is -0.922. The maximum absolute atomic E-state index is 12.2. The Bertz CT molecular complexity index is 692. The smallest absolute Gasteiger partial charge is 0.423 e. The van der Waals surface area contributed by atoms with Crippen LogP contribution in [0.2, 0.25) is 0 Å². The Balaban J connectivity index is 1.84. The molecule has 0 spiro atoms. The second-order valence-corrected chi connectivity index (χ2v) is 5.68. The third-order valence-electron chi connectivity index (χ3n) is 3.44. The molecule has 0 aliphatic carbocycles. The lowest BCUT2D eigenvalue weighted by Gasteiger charge is -2.19. The van der Waals surface area contributed by atoms with Crippen LogP contribution in [0.3, 0.4) is 0 Å². The average molecular weight is 346 g/mol. The van der Waals surface area contributed by atoms with E-state index >= 15 is 0 Å². The van der Waals surface area contributed by atoms with Crippen molar-refractivity contribution < 1.29 is 14.5 Å². The van der Waals surface area contributed by atoms with Gasteiger partial charge >= 0.3 is 7.12 Å². The maximum atomic E-state index is 12.2. The van der Waals surface area contributed by atoms with Crippen molar-refractivity contribution in [2.75, 3.05) is 11.9 Å². The first kappa shape index (κ1) is 14.3. The van der Waals surface area contributed by atoms with E-state index < -0.39 is 7.12 Å². The molecule has 1 amide bonds. The number of anilines is 1. The van der Waals surface area contributed by atoms with E-state index in [2.05, 4.69) is 21.2 Å². The molecular formula is C15H13BBrNO3. The first-order valence-electron chi connectivity index (χ1n) is 6.63. The van der Waals surface area contributed by atoms with Crippen LogP contribution >= 0.6 is 15.9 Å². The van der Waals surface area contributed by atoms with Crippen LogP contribution in [0, 0.1) is 0 Å². The summed E-state index contributed by atoms with van der Waals surface area (Å²) in [6.45, 7) is 0.511. The van der Waals surface area contributed by atoms with Crippen molar-refractivity contribution in [3.05, 3.63) is 58.1 Å². The second kappa shape index (κ2) is 6.01. The van der Waals surface area contributed by atoms with Crippen LogP contribution in [0.5, 0.6) is 0 Å². The number of halogens is 1. The van der Waals surface area contributed by atoms with Gasteiger partial charge in [-0.3, -0.25) is 4.79 Å². The summed E-state index contributed by atoms with van der Waals surface area (Å²) in [4.78, 5) is 12.2. The lowest BCUT2D eigenvalue weighted by Crippen LogP contribution is -2.41. The van der Waals surface area contributed by atoms with Gasteiger partial charge in [0.05, 0.1) is 5.56 Å². The molecule has 4 nitrogen and oxygen atoms in total. The molecule has 21 heavy (non-hydrogen) atoms. The molecule has 0 aromatic heterocycles. The summed E-state index contributed by atoms with van der Waals surface area (Å²) in [6, 6.07) is 12.7. The van der Waals surface area contributed by atoms with E-state index in [-0.39, 0.29) is 5.91 Å². The highest BCUT2D eigenvalue weighted by molar-refractivity contribution is 9.10. The number of hydrogen-bond acceptors (Lipinski definition) is 3. The van der Waals surface area contributed by atoms with Crippen LogP contribution in [0.15, 0.2) is 46.9 Å². The second-order valence-electron chi connectivity index (χ2n) is 4.82. The summed E-state index contributed by atoms with van der Waals surface area (Å²) < 4.78 is 5.94. The number of hydrogen-bond donors (Lipinski definition) is 2. The number of fused-ring (bicyclic) bond motifs is 1. The molecule has 1 aliphatic rings. The molecule has 0 bridgehead atoms. The topological polar surface area (TPSA) is 58.6 Å². The number of carbonyl (C=O) groups excluding carboxylic acids is 1. The van der Waals surface area contributed by atoms with Crippen molar-refractivity contribution in [2.45, 2.75) is 6.42 Å². The molecule has 0 radical (unpaired) electrons. The molecule has 2 aromatic rings. The molecular weight excluding hydrogens is 333 g/mol. The van der Waals surface area contributed by atoms with Crippen molar-refractivity contribution in [2.24, 2.45) is 0 Å². The van der Waals surface area contributed by atoms with E-state index in [4.69, 9.17) is 4.65 Å². The predicted octanol–water partition coefficient (Wildman–Crippen LogP) is 1.96. The van der Waals surface area contributed by atoms with Gasteiger partial charge in [-0.05, 0) is 57.6 Å². The van der Waals surface area contributed by atoms with Crippen LogP contribution in [-0.2, 0) is 11.1 Å². The maximum Gasteiger partial charge on any atom is 0.491 e. The minimum Gasteiger partial charge on any atom is -0.423 e. The number of nitrogens with one attached hydrogen (secondary N) is 1. The third kappa shape index (κ3) is 3.02. The van der Waals surface area contributed by atoms with Crippen molar-refractivity contribution in [1.29, 1.82) is 0 Å². The fourth-order valence-corrected chi connectivity index (χ4v) is 2.81. The van der Waals surface area contributed by atoms with E-state index in [0.29, 0.717) is 23.3 Å². The molecule has 3 rings (SSSR count). The van der Waals surface area contributed by atoms with E-state index in [0.717, 1.165) is 16.5 Å². The predicted molar refractivity (Wildman–Crippen MR) is 85.8 cm³/mol. The van der Waals surface area contributed by atoms with Crippen molar-refractivity contribution >= 4 is 40.1 Å². The van der Waals surface area contributed by atoms with Crippen molar-refractivity contribution in [3.8, 4) is 0 Å². The number of rotatable bonds is 2. The quantitative estimate of drug-likeness (QED) is 0.818. The summed E-state index contributed by atoms with van der Waals surface area (Å²) >= 11 is 3.36. The monoisotopic (exact) mass is 345 g/mol. The van der Waals surface area contributed by atoms with E-state index in [9.17, 15) is 9.82 Å². The largest absolute Gasteiger partial charge is 0.491 e. The summed E-state index contributed by atoms with van der Waals surface area (Å²) in [5.74, 6) is -0.200. The van der Waals surface area contributed by atoms with Gasteiger partial charge in [-0.15, -0.1) is 0 Å². The first-order valence-corrected chi connectivity index (χ1v) is 7.43. The first-order chi connectivity index (χ1) is 10.1. The molecule has 1 heterocycles. The summed E-state index contributed by atoms with van der Waals surface area (Å²) in [7, 11) is -0.922. The number of amides is 1. The van der Waals surface area contributed by atoms with Crippen LogP contribution in [0.25, 0.3) is 0 Å². The Morgan fingerprint density at radius 1 is 1.29 bits per heavy atom. The standard InChI is InChI=1S/C15H13BBrNO3/c17-14-4-2-1-3-12(14)15(19)18-11-6-5-10-7-8-21-16(20)13(10)9-11/h1-6,9,20H,7-8H2,(H,18,19). The van der Waals surface area contributed by atoms with E-state index in [1.54, 1.807) is 12.1 Å². The van der Waals surface area contributed by atoms with Crippen LogP contribution < -0.4 is 10.8 Å². The van der Waals surface area contributed by atoms with Gasteiger partial charge in [0.25, 0.3) is 5.91 Å². The molecule has 0 atom stereocenters. The summed E-state index contributed by atoms with van der Waals surface area (Å²) in [5.41, 5.74) is 2.96. The highest BCUT2D eigenvalue weighted by Crippen LogP contribution is 2.18. The van der Waals surface area contributed by atoms with Gasteiger partial charge in [-0.1, -0.05) is 18.2 Å². The van der Waals surface area contributed by atoms with Gasteiger partial charge < -0.3 is 15.0 Å². The fraction of sp³-hybridized carbons (Fsp3) is 0.133. The van der Waals surface area contributed by atoms with E-state index in [1.165, 1.54) is 0 Å². The summed E-state index contributed by atoms with van der Waals surface area (Å²) in [6.07, 6.45) is 0.769. The van der Waals surface area contributed by atoms with Gasteiger partial charge in [0.1, 0.15) is 0 Å².